The van der Waals surface area contributed by atoms with Crippen molar-refractivity contribution in [1.82, 2.24) is 16.0 Å². The largest absolute Gasteiger partial charge is 0.313 e. The van der Waals surface area contributed by atoms with Crippen LogP contribution in [-0.4, -0.2) is 19.6 Å². The lowest BCUT2D eigenvalue weighted by molar-refractivity contribution is 0.607. The van der Waals surface area contributed by atoms with Gasteiger partial charge in [0.2, 0.25) is 0 Å². The van der Waals surface area contributed by atoms with Gasteiger partial charge in [0.05, 0.1) is 0 Å². The molecule has 3 N–H and O–H groups in total. The highest BCUT2D eigenvalue weighted by molar-refractivity contribution is 5.17. The Labute approximate surface area is 370 Å². The summed E-state index contributed by atoms with van der Waals surface area (Å²) in [5, 5.41) is 10.1. The highest BCUT2D eigenvalue weighted by atomic mass is 14.8. The monoisotopic (exact) mass is 814 g/mol. The fraction of sp³-hybridized carbons (Fsp3) is 0.474. The van der Waals surface area contributed by atoms with Crippen LogP contribution in [0.2, 0.25) is 0 Å². The summed E-state index contributed by atoms with van der Waals surface area (Å²) >= 11 is 0. The first-order chi connectivity index (χ1) is 29.7. The molecule has 0 radical (unpaired) electrons. The lowest BCUT2D eigenvalue weighted by atomic mass is 10.1. The fourth-order valence-electron chi connectivity index (χ4n) is 6.35. The molecule has 0 atom stereocenters. The van der Waals surface area contributed by atoms with Crippen LogP contribution in [0.15, 0.2) is 152 Å². The van der Waals surface area contributed by atoms with E-state index in [1.165, 1.54) is 131 Å². The maximum absolute atomic E-state index is 3.44. The average molecular weight is 814 g/mol. The number of unbranched alkanes of at least 4 members (excludes halogenated alkanes) is 10. The summed E-state index contributed by atoms with van der Waals surface area (Å²) in [5.74, 6) is 0. The van der Waals surface area contributed by atoms with E-state index in [0.29, 0.717) is 0 Å². The van der Waals surface area contributed by atoms with Crippen molar-refractivity contribution in [3.63, 3.8) is 0 Å². The summed E-state index contributed by atoms with van der Waals surface area (Å²) < 4.78 is 0. The Morgan fingerprint density at radius 2 is 0.567 bits per heavy atom. The molecule has 3 heteroatoms. The molecule has 5 rings (SSSR count). The zero-order valence-corrected chi connectivity index (χ0v) is 39.0. The van der Waals surface area contributed by atoms with Gasteiger partial charge in [0.15, 0.2) is 0 Å². The lowest BCUT2D eigenvalue weighted by Gasteiger charge is -2.03. The van der Waals surface area contributed by atoms with Gasteiger partial charge in [0, 0.05) is 19.6 Å². The Balaban J connectivity index is 0.000000377. The topological polar surface area (TPSA) is 36.1 Å². The maximum atomic E-state index is 3.44. The molecular formula is C57H87N3. The SMILES string of the molecule is CCCCCCCCc1ccccc1.CCCCCCc1ccccc1.CCCCCNCc1ccccc1.CCCNCc1ccccc1.CCNCc1ccccc1. The third-order valence-electron chi connectivity index (χ3n) is 9.97. The van der Waals surface area contributed by atoms with Gasteiger partial charge in [0.1, 0.15) is 0 Å². The van der Waals surface area contributed by atoms with Crippen molar-refractivity contribution in [2.45, 2.75) is 157 Å². The van der Waals surface area contributed by atoms with Crippen LogP contribution in [0, 0.1) is 0 Å². The predicted molar refractivity (Wildman–Crippen MR) is 268 cm³/mol. The lowest BCUT2D eigenvalue weighted by Crippen LogP contribution is -2.14. The molecule has 330 valence electrons. The molecule has 0 spiro atoms. The minimum Gasteiger partial charge on any atom is -0.313 e. The van der Waals surface area contributed by atoms with Crippen molar-refractivity contribution in [1.29, 1.82) is 0 Å². The minimum atomic E-state index is 0.983. The zero-order chi connectivity index (χ0) is 43.2. The molecule has 0 saturated heterocycles. The second-order valence-corrected chi connectivity index (χ2v) is 15.6. The molecule has 3 nitrogen and oxygen atoms in total. The van der Waals surface area contributed by atoms with Crippen LogP contribution >= 0.6 is 0 Å². The van der Waals surface area contributed by atoms with Gasteiger partial charge < -0.3 is 16.0 Å². The predicted octanol–water partition coefficient (Wildman–Crippen LogP) is 15.3. The van der Waals surface area contributed by atoms with E-state index in [4.69, 9.17) is 0 Å². The van der Waals surface area contributed by atoms with Crippen molar-refractivity contribution in [3.05, 3.63) is 179 Å². The van der Waals surface area contributed by atoms with E-state index >= 15 is 0 Å². The second kappa shape index (κ2) is 43.1. The summed E-state index contributed by atoms with van der Waals surface area (Å²) in [5.41, 5.74) is 7.06. The van der Waals surface area contributed by atoms with E-state index in [1.54, 1.807) is 0 Å². The van der Waals surface area contributed by atoms with E-state index < -0.39 is 0 Å². The van der Waals surface area contributed by atoms with E-state index in [-0.39, 0.29) is 0 Å². The van der Waals surface area contributed by atoms with Crippen LogP contribution in [0.25, 0.3) is 0 Å². The van der Waals surface area contributed by atoms with Crippen molar-refractivity contribution >= 4 is 0 Å². The van der Waals surface area contributed by atoms with Crippen LogP contribution in [0.1, 0.15) is 152 Å². The van der Waals surface area contributed by atoms with Crippen LogP contribution in [0.3, 0.4) is 0 Å². The molecule has 0 aliphatic heterocycles. The molecule has 5 aromatic carbocycles. The van der Waals surface area contributed by atoms with Crippen molar-refractivity contribution < 1.29 is 0 Å². The van der Waals surface area contributed by atoms with Crippen molar-refractivity contribution in [2.24, 2.45) is 0 Å². The average Bonchev–Trinajstić information content (AvgIpc) is 3.31. The van der Waals surface area contributed by atoms with Gasteiger partial charge >= 0.3 is 0 Å². The van der Waals surface area contributed by atoms with Crippen LogP contribution in [0.5, 0.6) is 0 Å². The van der Waals surface area contributed by atoms with Gasteiger partial charge in [-0.2, -0.15) is 0 Å². The molecule has 0 unspecified atom stereocenters. The first kappa shape index (κ1) is 54.0. The second-order valence-electron chi connectivity index (χ2n) is 15.6. The third kappa shape index (κ3) is 34.8. The quantitative estimate of drug-likeness (QED) is 0.0514. The minimum absolute atomic E-state index is 0.983. The Morgan fingerprint density at radius 3 is 0.933 bits per heavy atom. The molecule has 0 aliphatic carbocycles. The first-order valence-corrected chi connectivity index (χ1v) is 24.0. The maximum Gasteiger partial charge on any atom is 0.0205 e. The molecule has 0 aliphatic rings. The molecule has 0 heterocycles. The van der Waals surface area contributed by atoms with Crippen LogP contribution in [0.4, 0.5) is 0 Å². The van der Waals surface area contributed by atoms with Crippen molar-refractivity contribution in [3.8, 4) is 0 Å². The summed E-state index contributed by atoms with van der Waals surface area (Å²) in [4.78, 5) is 0. The van der Waals surface area contributed by atoms with Crippen LogP contribution in [-0.2, 0) is 32.5 Å². The highest BCUT2D eigenvalue weighted by Gasteiger charge is 1.94. The van der Waals surface area contributed by atoms with Crippen LogP contribution < -0.4 is 16.0 Å². The van der Waals surface area contributed by atoms with Crippen molar-refractivity contribution in [2.75, 3.05) is 19.6 Å². The molecule has 0 saturated carbocycles. The summed E-state index contributed by atoms with van der Waals surface area (Å²) in [6.45, 7) is 17.3. The van der Waals surface area contributed by atoms with Gasteiger partial charge in [0.25, 0.3) is 0 Å². The van der Waals surface area contributed by atoms with E-state index in [1.807, 2.05) is 12.1 Å². The molecule has 60 heavy (non-hydrogen) atoms. The number of rotatable bonds is 25. The first-order valence-electron chi connectivity index (χ1n) is 24.0. The molecule has 0 bridgehead atoms. The molecular weight excluding hydrogens is 727 g/mol. The Bertz CT molecular complexity index is 1510. The van der Waals surface area contributed by atoms with E-state index in [0.717, 1.165) is 39.3 Å². The summed E-state index contributed by atoms with van der Waals surface area (Å²) in [6, 6.07) is 53.0. The molecule has 0 aromatic heterocycles. The number of benzene rings is 5. The summed E-state index contributed by atoms with van der Waals surface area (Å²) in [7, 11) is 0. The Hall–Kier alpha value is -4.02. The Morgan fingerprint density at radius 1 is 0.267 bits per heavy atom. The zero-order valence-electron chi connectivity index (χ0n) is 39.0. The smallest absolute Gasteiger partial charge is 0.0205 e. The normalized spacial score (nSPS) is 10.1. The standard InChI is InChI=1S/C14H22.C12H19N.C12H18.C10H15N.C9H13N/c1-2-3-4-5-6-8-11-14-12-9-7-10-13-14;1-2-3-7-10-13-11-12-8-5-4-6-9-12;1-2-3-4-6-9-12-10-7-5-8-11-12;1-2-8-11-9-10-6-4-3-5-7-10;1-2-10-8-9-6-4-3-5-7-9/h7,9-10,12-13H,2-6,8,11H2,1H3;4-6,8-9,13H,2-3,7,10-11H2,1H3;5,7-8,10-11H,2-4,6,9H2,1H3;3-7,11H,2,8-9H2,1H3;3-7,10H,2,8H2,1H3. The van der Waals surface area contributed by atoms with Gasteiger partial charge in [-0.05, 0) is 86.0 Å². The van der Waals surface area contributed by atoms with E-state index in [2.05, 4.69) is 190 Å². The number of nitrogens with one attached hydrogen (secondary N) is 3. The Kier molecular flexibility index (Phi) is 38.8. The number of hydrogen-bond acceptors (Lipinski definition) is 3. The van der Waals surface area contributed by atoms with Gasteiger partial charge in [-0.3, -0.25) is 0 Å². The van der Waals surface area contributed by atoms with Gasteiger partial charge in [-0.1, -0.05) is 250 Å². The highest BCUT2D eigenvalue weighted by Crippen LogP contribution is 2.10. The van der Waals surface area contributed by atoms with Gasteiger partial charge in [-0.15, -0.1) is 0 Å². The summed E-state index contributed by atoms with van der Waals surface area (Å²) in [6.07, 6.45) is 21.4. The van der Waals surface area contributed by atoms with Gasteiger partial charge in [-0.25, -0.2) is 0 Å². The number of hydrogen-bond donors (Lipinski definition) is 3. The number of aryl methyl sites for hydroxylation is 2. The third-order valence-corrected chi connectivity index (χ3v) is 9.97. The molecule has 0 fully saturated rings. The molecule has 5 aromatic rings. The molecule has 0 amide bonds. The fourth-order valence-corrected chi connectivity index (χ4v) is 6.35. The van der Waals surface area contributed by atoms with E-state index in [9.17, 15) is 0 Å².